The Morgan fingerprint density at radius 1 is 0.926 bits per heavy atom. The molecular weight excluding hydrogens is 348 g/mol. The molecule has 2 bridgehead atoms. The van der Waals surface area contributed by atoms with Gasteiger partial charge in [-0.15, -0.1) is 0 Å². The molecule has 2 aliphatic carbocycles. The first kappa shape index (κ1) is 17.1. The number of carbonyl (C=O) groups excluding carboxylic acids is 2. The van der Waals surface area contributed by atoms with E-state index in [2.05, 4.69) is 10.6 Å². The number of nitrogens with one attached hydrogen (secondary N) is 2. The Hall–Kier alpha value is -3.35. The largest absolute Gasteiger partial charge is 0.481 e. The van der Waals surface area contributed by atoms with Crippen LogP contribution in [0, 0.1) is 23.7 Å². The summed E-state index contributed by atoms with van der Waals surface area (Å²) in [5.74, 6) is -2.70. The number of furan rings is 1. The molecule has 2 aromatic rings. The lowest BCUT2D eigenvalue weighted by Gasteiger charge is -2.23. The maximum atomic E-state index is 12.6. The smallest absolute Gasteiger partial charge is 0.307 e. The summed E-state index contributed by atoms with van der Waals surface area (Å²) in [7, 11) is 0. The molecule has 1 aromatic carbocycles. The highest BCUT2D eigenvalue weighted by Crippen LogP contribution is 2.48. The maximum absolute atomic E-state index is 12.6. The van der Waals surface area contributed by atoms with E-state index >= 15 is 0 Å². The number of benzene rings is 1. The number of rotatable bonds is 5. The molecule has 2 aliphatic rings. The molecule has 27 heavy (non-hydrogen) atoms. The van der Waals surface area contributed by atoms with E-state index in [0.29, 0.717) is 17.8 Å². The summed E-state index contributed by atoms with van der Waals surface area (Å²) in [5.41, 5.74) is 1.10. The lowest BCUT2D eigenvalue weighted by atomic mass is 9.82. The first-order chi connectivity index (χ1) is 13.0. The first-order valence-corrected chi connectivity index (χ1v) is 8.70. The van der Waals surface area contributed by atoms with Crippen molar-refractivity contribution in [2.24, 2.45) is 23.7 Å². The highest BCUT2D eigenvalue weighted by atomic mass is 16.4. The number of fused-ring (bicyclic) bond motifs is 2. The molecule has 3 N–H and O–H groups in total. The molecule has 4 rings (SSSR count). The van der Waals surface area contributed by atoms with Crippen molar-refractivity contribution in [2.45, 2.75) is 6.42 Å². The Morgan fingerprint density at radius 2 is 1.56 bits per heavy atom. The van der Waals surface area contributed by atoms with Crippen molar-refractivity contribution in [3.05, 3.63) is 60.6 Å². The summed E-state index contributed by atoms with van der Waals surface area (Å²) in [6.45, 7) is 0. The molecule has 7 heteroatoms. The van der Waals surface area contributed by atoms with Gasteiger partial charge < -0.3 is 20.2 Å². The third-order valence-electron chi connectivity index (χ3n) is 5.20. The summed E-state index contributed by atoms with van der Waals surface area (Å²) in [6.07, 6.45) is 5.99. The van der Waals surface area contributed by atoms with Gasteiger partial charge in [0.05, 0.1) is 18.1 Å². The van der Waals surface area contributed by atoms with Gasteiger partial charge in [-0.05, 0) is 54.7 Å². The zero-order chi connectivity index (χ0) is 19.0. The molecule has 0 aliphatic heterocycles. The fourth-order valence-corrected chi connectivity index (χ4v) is 3.98. The number of amides is 2. The van der Waals surface area contributed by atoms with E-state index in [9.17, 15) is 19.5 Å². The van der Waals surface area contributed by atoms with Crippen LogP contribution >= 0.6 is 0 Å². The molecule has 1 fully saturated rings. The monoisotopic (exact) mass is 366 g/mol. The van der Waals surface area contributed by atoms with Crippen molar-refractivity contribution in [3.8, 4) is 0 Å². The Labute approximate surface area is 155 Å². The van der Waals surface area contributed by atoms with Crippen LogP contribution in [-0.4, -0.2) is 22.9 Å². The van der Waals surface area contributed by atoms with E-state index in [-0.39, 0.29) is 29.4 Å². The average molecular weight is 366 g/mol. The van der Waals surface area contributed by atoms with Crippen molar-refractivity contribution in [3.63, 3.8) is 0 Å². The summed E-state index contributed by atoms with van der Waals surface area (Å²) in [6, 6.07) is 9.83. The second-order valence-corrected chi connectivity index (χ2v) is 6.84. The number of anilines is 2. The Morgan fingerprint density at radius 3 is 2.15 bits per heavy atom. The minimum Gasteiger partial charge on any atom is -0.481 e. The van der Waals surface area contributed by atoms with Gasteiger partial charge in [0.2, 0.25) is 5.91 Å². The molecule has 0 saturated heterocycles. The number of hydrogen-bond acceptors (Lipinski definition) is 4. The van der Waals surface area contributed by atoms with Gasteiger partial charge in [0.25, 0.3) is 5.91 Å². The lowest BCUT2D eigenvalue weighted by molar-refractivity contribution is -0.146. The lowest BCUT2D eigenvalue weighted by Crippen LogP contribution is -2.36. The van der Waals surface area contributed by atoms with Gasteiger partial charge in [0.15, 0.2) is 5.76 Å². The SMILES string of the molecule is O=C(Nc1ccc(NC(=O)C2C3C=CC(C3)C2C(=O)O)cc1)c1ccco1. The van der Waals surface area contributed by atoms with Crippen LogP contribution in [0.3, 0.4) is 0 Å². The molecule has 1 heterocycles. The Balaban J connectivity index is 1.41. The van der Waals surface area contributed by atoms with E-state index in [4.69, 9.17) is 4.42 Å². The minimum atomic E-state index is -0.928. The minimum absolute atomic E-state index is 0.0250. The molecule has 2 amide bonds. The second-order valence-electron chi connectivity index (χ2n) is 6.84. The van der Waals surface area contributed by atoms with Gasteiger partial charge in [-0.3, -0.25) is 14.4 Å². The fourth-order valence-electron chi connectivity index (χ4n) is 3.98. The zero-order valence-electron chi connectivity index (χ0n) is 14.3. The van der Waals surface area contributed by atoms with Gasteiger partial charge in [-0.1, -0.05) is 12.2 Å². The molecular formula is C20H18N2O5. The van der Waals surface area contributed by atoms with Crippen LogP contribution in [0.5, 0.6) is 0 Å². The maximum Gasteiger partial charge on any atom is 0.307 e. The van der Waals surface area contributed by atoms with Gasteiger partial charge in [-0.25, -0.2) is 0 Å². The van der Waals surface area contributed by atoms with Gasteiger partial charge in [-0.2, -0.15) is 0 Å². The van der Waals surface area contributed by atoms with E-state index in [1.807, 2.05) is 12.2 Å². The average Bonchev–Trinajstić information content (AvgIpc) is 3.39. The van der Waals surface area contributed by atoms with E-state index in [1.165, 1.54) is 6.26 Å². The normalized spacial score (nSPS) is 25.3. The standard InChI is InChI=1S/C20H18N2O5/c23-18(15-2-1-9-27-15)21-13-5-7-14(8-6-13)22-19(24)16-11-3-4-12(10-11)17(16)20(25)26/h1-9,11-12,16-17H,10H2,(H,21,23)(H,22,24)(H,25,26). The number of allylic oxidation sites excluding steroid dienone is 2. The van der Waals surface area contributed by atoms with Crippen LogP contribution in [0.25, 0.3) is 0 Å². The van der Waals surface area contributed by atoms with Crippen molar-refractivity contribution in [1.29, 1.82) is 0 Å². The van der Waals surface area contributed by atoms with Crippen LogP contribution < -0.4 is 10.6 Å². The third-order valence-corrected chi connectivity index (χ3v) is 5.20. The first-order valence-electron chi connectivity index (χ1n) is 8.70. The van der Waals surface area contributed by atoms with Crippen LogP contribution in [0.4, 0.5) is 11.4 Å². The molecule has 7 nitrogen and oxygen atoms in total. The number of carbonyl (C=O) groups is 3. The molecule has 4 unspecified atom stereocenters. The fraction of sp³-hybridized carbons (Fsp3) is 0.250. The van der Waals surface area contributed by atoms with Crippen molar-refractivity contribution in [1.82, 2.24) is 0 Å². The summed E-state index contributed by atoms with van der Waals surface area (Å²) in [5, 5.41) is 14.9. The second kappa shape index (κ2) is 6.75. The van der Waals surface area contributed by atoms with E-state index < -0.39 is 17.8 Å². The summed E-state index contributed by atoms with van der Waals surface area (Å²) in [4.78, 5) is 36.1. The summed E-state index contributed by atoms with van der Waals surface area (Å²) >= 11 is 0. The third kappa shape index (κ3) is 3.23. The molecule has 1 aromatic heterocycles. The van der Waals surface area contributed by atoms with Crippen LogP contribution in [0.1, 0.15) is 17.0 Å². The number of carboxylic acid groups (broad SMARTS) is 1. The number of aliphatic carboxylic acids is 1. The highest BCUT2D eigenvalue weighted by molar-refractivity contribution is 6.02. The number of hydrogen-bond donors (Lipinski definition) is 3. The van der Waals surface area contributed by atoms with Crippen LogP contribution in [0.15, 0.2) is 59.2 Å². The van der Waals surface area contributed by atoms with Crippen molar-refractivity contribution < 1.29 is 23.9 Å². The van der Waals surface area contributed by atoms with E-state index in [1.54, 1.807) is 36.4 Å². The molecule has 4 atom stereocenters. The van der Waals surface area contributed by atoms with Gasteiger partial charge in [0, 0.05) is 11.4 Å². The predicted octanol–water partition coefficient (Wildman–Crippen LogP) is 2.99. The molecule has 0 radical (unpaired) electrons. The van der Waals surface area contributed by atoms with E-state index in [0.717, 1.165) is 0 Å². The van der Waals surface area contributed by atoms with Gasteiger partial charge in [0.1, 0.15) is 0 Å². The Bertz CT molecular complexity index is 901. The predicted molar refractivity (Wildman–Crippen MR) is 97.1 cm³/mol. The molecule has 1 saturated carbocycles. The molecule has 0 spiro atoms. The van der Waals surface area contributed by atoms with Crippen LogP contribution in [-0.2, 0) is 9.59 Å². The van der Waals surface area contributed by atoms with Crippen LogP contribution in [0.2, 0.25) is 0 Å². The van der Waals surface area contributed by atoms with Crippen molar-refractivity contribution >= 4 is 29.2 Å². The Kier molecular flexibility index (Phi) is 4.27. The zero-order valence-corrected chi connectivity index (χ0v) is 14.3. The quantitative estimate of drug-likeness (QED) is 0.705. The molecule has 138 valence electrons. The topological polar surface area (TPSA) is 109 Å². The van der Waals surface area contributed by atoms with Gasteiger partial charge >= 0.3 is 5.97 Å². The van der Waals surface area contributed by atoms with Crippen molar-refractivity contribution in [2.75, 3.05) is 10.6 Å². The number of carboxylic acids is 1. The highest BCUT2D eigenvalue weighted by Gasteiger charge is 2.51. The summed E-state index contributed by atoms with van der Waals surface area (Å²) < 4.78 is 5.03.